The molecule has 15 heavy (non-hydrogen) atoms. The zero-order chi connectivity index (χ0) is 10.3. The Hall–Kier alpha value is -1.29. The molecule has 0 unspecified atom stereocenters. The number of nitrogens with one attached hydrogen (secondary N) is 1. The average molecular weight is 215 g/mol. The molecule has 2 aromatic rings. The minimum atomic E-state index is 0.139. The molecule has 0 fully saturated rings. The molecular formula is C12H9NOS. The quantitative estimate of drug-likeness (QED) is 0.684. The summed E-state index contributed by atoms with van der Waals surface area (Å²) >= 11 is 1.67. The molecule has 2 nitrogen and oxygen atoms in total. The Labute approximate surface area is 92.1 Å². The van der Waals surface area contributed by atoms with Gasteiger partial charge in [-0.25, -0.2) is 0 Å². The van der Waals surface area contributed by atoms with Crippen molar-refractivity contribution < 1.29 is 5.06 Å². The topological polar surface area (TPSA) is 27.5 Å². The summed E-state index contributed by atoms with van der Waals surface area (Å²) in [5, 5.41) is 12.2. The van der Waals surface area contributed by atoms with E-state index in [1.165, 1.54) is 0 Å². The molecule has 0 radical (unpaired) electrons. The maximum Gasteiger partial charge on any atom is 0.150 e. The molecule has 0 amide bonds. The van der Waals surface area contributed by atoms with Gasteiger partial charge in [0, 0.05) is 12.1 Å². The molecule has 0 spiro atoms. The van der Waals surface area contributed by atoms with Gasteiger partial charge in [-0.2, -0.15) is 0 Å². The van der Waals surface area contributed by atoms with Crippen LogP contribution in [-0.4, -0.2) is 0 Å². The molecule has 1 aliphatic heterocycles. The lowest BCUT2D eigenvalue weighted by atomic mass is 10.2. The van der Waals surface area contributed by atoms with Gasteiger partial charge in [0.25, 0.3) is 0 Å². The van der Waals surface area contributed by atoms with Gasteiger partial charge >= 0.3 is 0 Å². The fourth-order valence-corrected chi connectivity index (χ4v) is 2.82. The van der Waals surface area contributed by atoms with Gasteiger partial charge in [-0.1, -0.05) is 36.0 Å². The second-order valence-electron chi connectivity index (χ2n) is 3.42. The summed E-state index contributed by atoms with van der Waals surface area (Å²) in [7, 11) is 0. The first-order valence-electron chi connectivity index (χ1n) is 4.77. The maximum atomic E-state index is 12.1. The molecule has 1 N–H and O–H groups in total. The number of hydrogen-bond acceptors (Lipinski definition) is 2. The Kier molecular flexibility index (Phi) is 2.02. The minimum Gasteiger partial charge on any atom is -0.623 e. The SMILES string of the molecule is [O-][NH+]1c2ccccc2Sc2ccccc21. The Balaban J connectivity index is 2.20. The van der Waals surface area contributed by atoms with Gasteiger partial charge in [0.05, 0.1) is 9.79 Å². The normalized spacial score (nSPS) is 14.5. The lowest BCUT2D eigenvalue weighted by Gasteiger charge is -2.28. The molecule has 74 valence electrons. The predicted molar refractivity (Wildman–Crippen MR) is 60.7 cm³/mol. The van der Waals surface area contributed by atoms with Crippen LogP contribution < -0.4 is 5.06 Å². The van der Waals surface area contributed by atoms with Crippen LogP contribution in [-0.2, 0) is 0 Å². The van der Waals surface area contributed by atoms with E-state index in [4.69, 9.17) is 0 Å². The number of benzene rings is 2. The summed E-state index contributed by atoms with van der Waals surface area (Å²) in [6.07, 6.45) is 0. The van der Waals surface area contributed by atoms with Crippen LogP contribution in [0.5, 0.6) is 0 Å². The van der Waals surface area contributed by atoms with Gasteiger partial charge in [-0.3, -0.25) is 0 Å². The molecular weight excluding hydrogens is 206 g/mol. The molecule has 0 aliphatic carbocycles. The average Bonchev–Trinajstić information content (AvgIpc) is 2.30. The van der Waals surface area contributed by atoms with E-state index in [1.54, 1.807) is 11.8 Å². The van der Waals surface area contributed by atoms with Crippen LogP contribution in [0.4, 0.5) is 11.4 Å². The Morgan fingerprint density at radius 3 is 1.80 bits per heavy atom. The van der Waals surface area contributed by atoms with Crippen LogP contribution in [0.25, 0.3) is 0 Å². The van der Waals surface area contributed by atoms with Crippen molar-refractivity contribution in [3.63, 3.8) is 0 Å². The van der Waals surface area contributed by atoms with Crippen LogP contribution in [0.3, 0.4) is 0 Å². The first-order chi connectivity index (χ1) is 7.36. The number of rotatable bonds is 0. The van der Waals surface area contributed by atoms with Crippen LogP contribution in [0, 0.1) is 5.21 Å². The monoisotopic (exact) mass is 215 g/mol. The van der Waals surface area contributed by atoms with Crippen LogP contribution in [0.1, 0.15) is 0 Å². The molecule has 1 aliphatic rings. The third-order valence-electron chi connectivity index (χ3n) is 2.48. The molecule has 2 aromatic carbocycles. The molecule has 3 rings (SSSR count). The summed E-state index contributed by atoms with van der Waals surface area (Å²) < 4.78 is 0. The highest BCUT2D eigenvalue weighted by Crippen LogP contribution is 2.39. The van der Waals surface area contributed by atoms with E-state index < -0.39 is 0 Å². The Morgan fingerprint density at radius 2 is 1.27 bits per heavy atom. The van der Waals surface area contributed by atoms with Gasteiger partial charge in [0.15, 0.2) is 0 Å². The highest BCUT2D eigenvalue weighted by Gasteiger charge is 2.22. The first-order valence-corrected chi connectivity index (χ1v) is 5.58. The summed E-state index contributed by atoms with van der Waals surface area (Å²) in [6.45, 7) is 0. The van der Waals surface area contributed by atoms with Crippen molar-refractivity contribution in [2.24, 2.45) is 0 Å². The molecule has 3 heteroatoms. The van der Waals surface area contributed by atoms with Crippen LogP contribution in [0.15, 0.2) is 58.3 Å². The van der Waals surface area contributed by atoms with E-state index in [-0.39, 0.29) is 5.06 Å². The molecule has 0 atom stereocenters. The fraction of sp³-hybridized carbons (Fsp3) is 0. The smallest absolute Gasteiger partial charge is 0.150 e. The van der Waals surface area contributed by atoms with E-state index in [1.807, 2.05) is 48.5 Å². The maximum absolute atomic E-state index is 12.1. The second kappa shape index (κ2) is 3.38. The van der Waals surface area contributed by atoms with Gasteiger partial charge in [0.2, 0.25) is 0 Å². The lowest BCUT2D eigenvalue weighted by molar-refractivity contribution is -0.703. The molecule has 0 bridgehead atoms. The third kappa shape index (κ3) is 1.36. The van der Waals surface area contributed by atoms with Gasteiger partial charge in [-0.15, -0.1) is 0 Å². The van der Waals surface area contributed by atoms with Crippen molar-refractivity contribution in [2.45, 2.75) is 9.79 Å². The van der Waals surface area contributed by atoms with E-state index in [0.29, 0.717) is 0 Å². The predicted octanol–water partition coefficient (Wildman–Crippen LogP) is 2.50. The Bertz CT molecular complexity index is 467. The molecule has 0 saturated heterocycles. The van der Waals surface area contributed by atoms with Crippen molar-refractivity contribution in [3.05, 3.63) is 53.7 Å². The van der Waals surface area contributed by atoms with Gasteiger partial charge in [-0.05, 0) is 12.1 Å². The Morgan fingerprint density at radius 1 is 0.800 bits per heavy atom. The first kappa shape index (κ1) is 8.97. The van der Waals surface area contributed by atoms with Crippen molar-refractivity contribution in [3.8, 4) is 0 Å². The largest absolute Gasteiger partial charge is 0.623 e. The molecule has 1 heterocycles. The highest BCUT2D eigenvalue weighted by molar-refractivity contribution is 7.99. The summed E-state index contributed by atoms with van der Waals surface area (Å²) in [5.41, 5.74) is 1.64. The van der Waals surface area contributed by atoms with Gasteiger partial charge in [0.1, 0.15) is 11.4 Å². The van der Waals surface area contributed by atoms with Crippen molar-refractivity contribution in [1.82, 2.24) is 0 Å². The number of quaternary nitrogens is 1. The van der Waals surface area contributed by atoms with E-state index in [2.05, 4.69) is 0 Å². The van der Waals surface area contributed by atoms with Crippen molar-refractivity contribution in [1.29, 1.82) is 0 Å². The zero-order valence-electron chi connectivity index (χ0n) is 7.94. The van der Waals surface area contributed by atoms with E-state index in [9.17, 15) is 5.21 Å². The van der Waals surface area contributed by atoms with Crippen molar-refractivity contribution >= 4 is 23.1 Å². The van der Waals surface area contributed by atoms with Crippen molar-refractivity contribution in [2.75, 3.05) is 0 Å². The minimum absolute atomic E-state index is 0.139. The number of hydrogen-bond donors (Lipinski definition) is 1. The standard InChI is InChI=1S/C12H9NOS/c14-13-9-5-1-3-7-11(9)15-12-8-4-2-6-10(12)13/h1-8,13H. The summed E-state index contributed by atoms with van der Waals surface area (Å²) in [6, 6.07) is 15.5. The van der Waals surface area contributed by atoms with E-state index >= 15 is 0 Å². The molecule has 0 saturated carbocycles. The summed E-state index contributed by atoms with van der Waals surface area (Å²) in [5.74, 6) is 0. The summed E-state index contributed by atoms with van der Waals surface area (Å²) in [4.78, 5) is 2.11. The number of para-hydroxylation sites is 2. The fourth-order valence-electron chi connectivity index (χ4n) is 1.75. The van der Waals surface area contributed by atoms with Crippen LogP contribution in [0.2, 0.25) is 0 Å². The molecule has 0 aromatic heterocycles. The van der Waals surface area contributed by atoms with E-state index in [0.717, 1.165) is 21.2 Å². The zero-order valence-corrected chi connectivity index (χ0v) is 8.75. The van der Waals surface area contributed by atoms with Gasteiger partial charge < -0.3 is 10.3 Å². The second-order valence-corrected chi connectivity index (χ2v) is 4.51. The highest BCUT2D eigenvalue weighted by atomic mass is 32.2. The number of fused-ring (bicyclic) bond motifs is 2. The lowest BCUT2D eigenvalue weighted by Crippen LogP contribution is -2.97. The van der Waals surface area contributed by atoms with Crippen LogP contribution >= 0.6 is 11.8 Å². The third-order valence-corrected chi connectivity index (χ3v) is 3.64.